The molecular weight excluding hydrogens is 294 g/mol. The number of aromatic nitrogens is 1. The number of nitrogens with two attached hydrogens (primary N) is 1. The molecule has 0 spiro atoms. The molecule has 1 aromatic heterocycles. The van der Waals surface area contributed by atoms with Gasteiger partial charge in [0, 0.05) is 4.47 Å². The van der Waals surface area contributed by atoms with E-state index in [-0.39, 0.29) is 5.91 Å². The van der Waals surface area contributed by atoms with Crippen LogP contribution in [0.1, 0.15) is 16.1 Å². The minimum Gasteiger partial charge on any atom is -0.384 e. The predicted molar refractivity (Wildman–Crippen MR) is 75.5 cm³/mol. The lowest BCUT2D eigenvalue weighted by Gasteiger charge is -2.08. The Balaban J connectivity index is 2.24. The second kappa shape index (κ2) is 5.18. The summed E-state index contributed by atoms with van der Waals surface area (Å²) in [6.07, 6.45) is 0. The third-order valence-electron chi connectivity index (χ3n) is 2.37. The summed E-state index contributed by atoms with van der Waals surface area (Å²) in [5.74, 6) is 0.0413. The van der Waals surface area contributed by atoms with Crippen molar-refractivity contribution < 1.29 is 4.79 Å². The van der Waals surface area contributed by atoms with E-state index >= 15 is 0 Å². The van der Waals surface area contributed by atoms with Crippen LogP contribution in [0.25, 0.3) is 0 Å². The summed E-state index contributed by atoms with van der Waals surface area (Å²) >= 11 is 3.39. The van der Waals surface area contributed by atoms with Crippen LogP contribution in [-0.4, -0.2) is 10.9 Å². The van der Waals surface area contributed by atoms with Gasteiger partial charge < -0.3 is 11.1 Å². The zero-order valence-electron chi connectivity index (χ0n) is 9.77. The highest BCUT2D eigenvalue weighted by atomic mass is 79.9. The van der Waals surface area contributed by atoms with Crippen molar-refractivity contribution in [1.82, 2.24) is 4.98 Å². The molecule has 0 radical (unpaired) electrons. The number of amides is 1. The molecule has 2 rings (SSSR count). The standard InChI is InChI=1S/C13H12BrN3O/c1-8-5-6-9(14)11(7-8)17-13(18)10-3-2-4-12(15)16-10/h2-7H,1H3,(H2,15,16)(H,17,18). The second-order valence-corrected chi connectivity index (χ2v) is 4.74. The van der Waals surface area contributed by atoms with Gasteiger partial charge in [0.2, 0.25) is 0 Å². The van der Waals surface area contributed by atoms with Gasteiger partial charge in [0.05, 0.1) is 5.69 Å². The quantitative estimate of drug-likeness (QED) is 0.896. The van der Waals surface area contributed by atoms with Crippen molar-refractivity contribution in [3.05, 3.63) is 52.1 Å². The number of carbonyl (C=O) groups excluding carboxylic acids is 1. The smallest absolute Gasteiger partial charge is 0.274 e. The van der Waals surface area contributed by atoms with Crippen molar-refractivity contribution in [1.29, 1.82) is 0 Å². The average Bonchev–Trinajstić information content (AvgIpc) is 2.34. The van der Waals surface area contributed by atoms with Gasteiger partial charge in [-0.1, -0.05) is 12.1 Å². The van der Waals surface area contributed by atoms with Crippen LogP contribution in [0, 0.1) is 6.92 Å². The molecule has 1 aromatic carbocycles. The first kappa shape index (κ1) is 12.6. The molecule has 1 amide bonds. The normalized spacial score (nSPS) is 10.1. The monoisotopic (exact) mass is 305 g/mol. The van der Waals surface area contributed by atoms with E-state index in [0.717, 1.165) is 10.0 Å². The van der Waals surface area contributed by atoms with Crippen LogP contribution in [0.15, 0.2) is 40.9 Å². The summed E-state index contributed by atoms with van der Waals surface area (Å²) in [4.78, 5) is 16.0. The molecule has 0 unspecified atom stereocenters. The fourth-order valence-corrected chi connectivity index (χ4v) is 1.84. The lowest BCUT2D eigenvalue weighted by Crippen LogP contribution is -2.14. The maximum absolute atomic E-state index is 12.0. The summed E-state index contributed by atoms with van der Waals surface area (Å²) in [6.45, 7) is 1.96. The Morgan fingerprint density at radius 1 is 1.33 bits per heavy atom. The van der Waals surface area contributed by atoms with Crippen molar-refractivity contribution in [3.8, 4) is 0 Å². The molecule has 0 atom stereocenters. The van der Waals surface area contributed by atoms with Crippen LogP contribution in [-0.2, 0) is 0 Å². The zero-order chi connectivity index (χ0) is 13.1. The summed E-state index contributed by atoms with van der Waals surface area (Å²) < 4.78 is 0.824. The molecule has 1 heterocycles. The van der Waals surface area contributed by atoms with Crippen molar-refractivity contribution >= 4 is 33.3 Å². The first-order chi connectivity index (χ1) is 8.56. The number of hydrogen-bond acceptors (Lipinski definition) is 3. The number of benzene rings is 1. The van der Waals surface area contributed by atoms with Gasteiger partial charge in [0.25, 0.3) is 5.91 Å². The third-order valence-corrected chi connectivity index (χ3v) is 3.06. The summed E-state index contributed by atoms with van der Waals surface area (Å²) in [7, 11) is 0. The molecule has 5 heteroatoms. The minimum absolute atomic E-state index is 0.284. The Morgan fingerprint density at radius 2 is 2.11 bits per heavy atom. The first-order valence-corrected chi connectivity index (χ1v) is 6.15. The van der Waals surface area contributed by atoms with Gasteiger partial charge >= 0.3 is 0 Å². The number of anilines is 2. The van der Waals surface area contributed by atoms with E-state index in [9.17, 15) is 4.79 Å². The molecular formula is C13H12BrN3O. The summed E-state index contributed by atoms with van der Waals surface area (Å²) in [5, 5.41) is 2.79. The van der Waals surface area contributed by atoms with Gasteiger partial charge in [-0.2, -0.15) is 0 Å². The van der Waals surface area contributed by atoms with Crippen LogP contribution in [0.3, 0.4) is 0 Å². The largest absolute Gasteiger partial charge is 0.384 e. The number of nitrogen functional groups attached to an aromatic ring is 1. The Hall–Kier alpha value is -1.88. The Morgan fingerprint density at radius 3 is 2.83 bits per heavy atom. The number of carbonyl (C=O) groups is 1. The number of rotatable bonds is 2. The van der Waals surface area contributed by atoms with Crippen molar-refractivity contribution in [2.75, 3.05) is 11.1 Å². The molecule has 0 aliphatic carbocycles. The van der Waals surface area contributed by atoms with Crippen LogP contribution in [0.4, 0.5) is 11.5 Å². The highest BCUT2D eigenvalue weighted by molar-refractivity contribution is 9.10. The Labute approximate surface area is 113 Å². The molecule has 18 heavy (non-hydrogen) atoms. The van der Waals surface area contributed by atoms with Crippen molar-refractivity contribution in [2.45, 2.75) is 6.92 Å². The fourth-order valence-electron chi connectivity index (χ4n) is 1.50. The highest BCUT2D eigenvalue weighted by Gasteiger charge is 2.09. The van der Waals surface area contributed by atoms with Gasteiger partial charge in [-0.05, 0) is 52.7 Å². The maximum Gasteiger partial charge on any atom is 0.274 e. The van der Waals surface area contributed by atoms with E-state index < -0.39 is 0 Å². The maximum atomic E-state index is 12.0. The molecule has 2 aromatic rings. The van der Waals surface area contributed by atoms with E-state index in [2.05, 4.69) is 26.2 Å². The third kappa shape index (κ3) is 2.87. The highest BCUT2D eigenvalue weighted by Crippen LogP contribution is 2.23. The topological polar surface area (TPSA) is 68.0 Å². The molecule has 92 valence electrons. The summed E-state index contributed by atoms with van der Waals surface area (Å²) in [6, 6.07) is 10.7. The first-order valence-electron chi connectivity index (χ1n) is 5.36. The molecule has 0 aliphatic heterocycles. The Kier molecular flexibility index (Phi) is 3.62. The van der Waals surface area contributed by atoms with Gasteiger partial charge in [-0.25, -0.2) is 4.98 Å². The van der Waals surface area contributed by atoms with Gasteiger partial charge in [-0.15, -0.1) is 0 Å². The molecule has 0 saturated heterocycles. The van der Waals surface area contributed by atoms with Crippen LogP contribution in [0.5, 0.6) is 0 Å². The Bertz CT molecular complexity index is 599. The lowest BCUT2D eigenvalue weighted by atomic mass is 10.2. The summed E-state index contributed by atoms with van der Waals surface area (Å²) in [5.41, 5.74) is 7.61. The zero-order valence-corrected chi connectivity index (χ0v) is 11.4. The van der Waals surface area contributed by atoms with Gasteiger partial charge in [0.1, 0.15) is 11.5 Å². The molecule has 0 saturated carbocycles. The predicted octanol–water partition coefficient (Wildman–Crippen LogP) is 2.99. The molecule has 0 fully saturated rings. The fraction of sp³-hybridized carbons (Fsp3) is 0.0769. The number of halogens is 1. The molecule has 0 aliphatic rings. The van der Waals surface area contributed by atoms with Gasteiger partial charge in [0.15, 0.2) is 0 Å². The van der Waals surface area contributed by atoms with Crippen LogP contribution < -0.4 is 11.1 Å². The van der Waals surface area contributed by atoms with Crippen LogP contribution in [0.2, 0.25) is 0 Å². The number of hydrogen-bond donors (Lipinski definition) is 2. The van der Waals surface area contributed by atoms with E-state index in [1.54, 1.807) is 18.2 Å². The number of nitrogens with zero attached hydrogens (tertiary/aromatic N) is 1. The lowest BCUT2D eigenvalue weighted by molar-refractivity contribution is 0.102. The second-order valence-electron chi connectivity index (χ2n) is 3.89. The minimum atomic E-state index is -0.284. The van der Waals surface area contributed by atoms with E-state index in [4.69, 9.17) is 5.73 Å². The number of aryl methyl sites for hydroxylation is 1. The molecule has 4 nitrogen and oxygen atoms in total. The van der Waals surface area contributed by atoms with Gasteiger partial charge in [-0.3, -0.25) is 4.79 Å². The van der Waals surface area contributed by atoms with E-state index in [0.29, 0.717) is 17.2 Å². The van der Waals surface area contributed by atoms with Crippen LogP contribution >= 0.6 is 15.9 Å². The molecule has 0 bridgehead atoms. The van der Waals surface area contributed by atoms with Crippen molar-refractivity contribution in [2.24, 2.45) is 0 Å². The van der Waals surface area contributed by atoms with Crippen molar-refractivity contribution in [3.63, 3.8) is 0 Å². The molecule has 3 N–H and O–H groups in total. The average molecular weight is 306 g/mol. The number of pyridine rings is 1. The SMILES string of the molecule is Cc1ccc(Br)c(NC(=O)c2cccc(N)n2)c1. The van der Waals surface area contributed by atoms with E-state index in [1.165, 1.54) is 0 Å². The van der Waals surface area contributed by atoms with E-state index in [1.807, 2.05) is 25.1 Å². The number of nitrogens with one attached hydrogen (secondary N) is 1.